The first-order chi connectivity index (χ1) is 9.80. The van der Waals surface area contributed by atoms with Crippen molar-refractivity contribution in [1.82, 2.24) is 4.57 Å². The number of aryl methyl sites for hydroxylation is 2. The van der Waals surface area contributed by atoms with E-state index < -0.39 is 0 Å². The zero-order valence-electron chi connectivity index (χ0n) is 13.7. The smallest absolute Gasteiger partial charge is 0.0812 e. The molecule has 1 aromatic heterocycles. The second kappa shape index (κ2) is 4.74. The summed E-state index contributed by atoms with van der Waals surface area (Å²) in [6.07, 6.45) is 1.52. The molecule has 0 aliphatic heterocycles. The molecule has 1 aromatic carbocycles. The van der Waals surface area contributed by atoms with E-state index in [9.17, 15) is 5.11 Å². The summed E-state index contributed by atoms with van der Waals surface area (Å²) >= 11 is 0. The Bertz CT molecular complexity index is 694. The molecule has 1 N–H and O–H groups in total. The van der Waals surface area contributed by atoms with Crippen molar-refractivity contribution in [2.24, 2.45) is 5.41 Å². The molecular weight excluding hydrogens is 258 g/mol. The number of hydrogen-bond acceptors (Lipinski definition) is 1. The van der Waals surface area contributed by atoms with Gasteiger partial charge in [-0.15, -0.1) is 0 Å². The van der Waals surface area contributed by atoms with Gasteiger partial charge in [0.05, 0.1) is 6.10 Å². The minimum atomic E-state index is -0.339. The molecule has 0 amide bonds. The summed E-state index contributed by atoms with van der Waals surface area (Å²) in [5.41, 5.74) is 7.63. The van der Waals surface area contributed by atoms with Gasteiger partial charge in [0.25, 0.3) is 0 Å². The van der Waals surface area contributed by atoms with E-state index in [0.717, 1.165) is 18.4 Å². The third-order valence-corrected chi connectivity index (χ3v) is 4.89. The average molecular weight is 283 g/mol. The first-order valence-electron chi connectivity index (χ1n) is 7.76. The summed E-state index contributed by atoms with van der Waals surface area (Å²) in [5.74, 6) is 0. The van der Waals surface area contributed by atoms with E-state index in [4.69, 9.17) is 0 Å². The highest BCUT2D eigenvalue weighted by molar-refractivity contribution is 5.50. The fourth-order valence-electron chi connectivity index (χ4n) is 3.66. The molecule has 1 heterocycles. The van der Waals surface area contributed by atoms with Crippen molar-refractivity contribution in [3.63, 3.8) is 0 Å². The van der Waals surface area contributed by atoms with Gasteiger partial charge in [-0.25, -0.2) is 0 Å². The van der Waals surface area contributed by atoms with Crippen molar-refractivity contribution in [2.45, 2.75) is 53.6 Å². The molecule has 1 unspecified atom stereocenters. The number of hydrogen-bond donors (Lipinski definition) is 1. The molecule has 1 aliphatic rings. The average Bonchev–Trinajstić information content (AvgIpc) is 2.69. The number of fused-ring (bicyclic) bond motifs is 1. The standard InChI is InChI=1S/C19H25NO/c1-12-7-6-8-16(14(12)3)20-13(2)9-15-17(20)10-19(4,5)11-18(15)21/h6-9,18,21H,10-11H2,1-5H3. The first-order valence-corrected chi connectivity index (χ1v) is 7.76. The SMILES string of the molecule is Cc1cccc(-n2c(C)cc3c2CC(C)(C)CC3O)c1C. The molecule has 21 heavy (non-hydrogen) atoms. The maximum absolute atomic E-state index is 10.5. The maximum atomic E-state index is 10.5. The highest BCUT2D eigenvalue weighted by Crippen LogP contribution is 2.43. The van der Waals surface area contributed by atoms with Gasteiger partial charge in [-0.3, -0.25) is 0 Å². The molecule has 3 rings (SSSR count). The quantitative estimate of drug-likeness (QED) is 0.824. The van der Waals surface area contributed by atoms with Crippen LogP contribution in [0, 0.1) is 26.2 Å². The van der Waals surface area contributed by atoms with Crippen molar-refractivity contribution in [1.29, 1.82) is 0 Å². The Morgan fingerprint density at radius 3 is 2.62 bits per heavy atom. The fourth-order valence-corrected chi connectivity index (χ4v) is 3.66. The third-order valence-electron chi connectivity index (χ3n) is 4.89. The van der Waals surface area contributed by atoms with E-state index in [1.54, 1.807) is 0 Å². The molecule has 0 saturated heterocycles. The molecular formula is C19H25NO. The van der Waals surface area contributed by atoms with Gasteiger partial charge in [0.2, 0.25) is 0 Å². The van der Waals surface area contributed by atoms with Crippen LogP contribution in [-0.2, 0) is 6.42 Å². The number of benzene rings is 1. The molecule has 0 bridgehead atoms. The second-order valence-electron chi connectivity index (χ2n) is 7.30. The van der Waals surface area contributed by atoms with Crippen LogP contribution in [0.5, 0.6) is 0 Å². The van der Waals surface area contributed by atoms with E-state index in [1.165, 1.54) is 28.2 Å². The Hall–Kier alpha value is -1.54. The minimum Gasteiger partial charge on any atom is -0.388 e. The third kappa shape index (κ3) is 2.32. The predicted octanol–water partition coefficient (Wildman–Crippen LogP) is 4.41. The van der Waals surface area contributed by atoms with Crippen LogP contribution in [0.1, 0.15) is 54.5 Å². The Morgan fingerprint density at radius 2 is 1.90 bits per heavy atom. The molecule has 112 valence electrons. The Kier molecular flexibility index (Phi) is 3.25. The van der Waals surface area contributed by atoms with Crippen molar-refractivity contribution >= 4 is 0 Å². The van der Waals surface area contributed by atoms with E-state index in [-0.39, 0.29) is 11.5 Å². The summed E-state index contributed by atoms with van der Waals surface area (Å²) in [5, 5.41) is 10.5. The molecule has 2 nitrogen and oxygen atoms in total. The highest BCUT2D eigenvalue weighted by Gasteiger charge is 2.34. The van der Waals surface area contributed by atoms with Gasteiger partial charge in [-0.1, -0.05) is 26.0 Å². The predicted molar refractivity (Wildman–Crippen MR) is 87.0 cm³/mol. The molecule has 0 radical (unpaired) electrons. The number of aliphatic hydroxyl groups is 1. The van der Waals surface area contributed by atoms with Gasteiger partial charge in [0.15, 0.2) is 0 Å². The first kappa shape index (κ1) is 14.4. The summed E-state index contributed by atoms with van der Waals surface area (Å²) < 4.78 is 2.35. The van der Waals surface area contributed by atoms with Crippen molar-refractivity contribution in [3.8, 4) is 5.69 Å². The van der Waals surface area contributed by atoms with E-state index in [1.807, 2.05) is 0 Å². The zero-order chi connectivity index (χ0) is 15.4. The number of aliphatic hydroxyl groups excluding tert-OH is 1. The van der Waals surface area contributed by atoms with Crippen LogP contribution in [0.3, 0.4) is 0 Å². The van der Waals surface area contributed by atoms with Crippen molar-refractivity contribution in [3.05, 3.63) is 52.3 Å². The van der Waals surface area contributed by atoms with Crippen LogP contribution >= 0.6 is 0 Å². The van der Waals surface area contributed by atoms with Gasteiger partial charge >= 0.3 is 0 Å². The van der Waals surface area contributed by atoms with Gasteiger partial charge < -0.3 is 9.67 Å². The van der Waals surface area contributed by atoms with Gasteiger partial charge in [-0.05, 0) is 62.3 Å². The summed E-state index contributed by atoms with van der Waals surface area (Å²) in [6, 6.07) is 8.62. The summed E-state index contributed by atoms with van der Waals surface area (Å²) in [7, 11) is 0. The van der Waals surface area contributed by atoms with Crippen LogP contribution in [0.2, 0.25) is 0 Å². The van der Waals surface area contributed by atoms with E-state index >= 15 is 0 Å². The minimum absolute atomic E-state index is 0.146. The van der Waals surface area contributed by atoms with Crippen LogP contribution in [-0.4, -0.2) is 9.67 Å². The fraction of sp³-hybridized carbons (Fsp3) is 0.474. The molecule has 2 heteroatoms. The molecule has 1 atom stereocenters. The van der Waals surface area contributed by atoms with Crippen LogP contribution in [0.4, 0.5) is 0 Å². The van der Waals surface area contributed by atoms with Crippen LogP contribution < -0.4 is 0 Å². The Labute approximate surface area is 127 Å². The van der Waals surface area contributed by atoms with Gasteiger partial charge in [0.1, 0.15) is 0 Å². The Balaban J connectivity index is 2.24. The van der Waals surface area contributed by atoms with Gasteiger partial charge in [-0.2, -0.15) is 0 Å². The number of rotatable bonds is 1. The zero-order valence-corrected chi connectivity index (χ0v) is 13.7. The lowest BCUT2D eigenvalue weighted by atomic mass is 9.75. The summed E-state index contributed by atoms with van der Waals surface area (Å²) in [4.78, 5) is 0. The second-order valence-corrected chi connectivity index (χ2v) is 7.30. The highest BCUT2D eigenvalue weighted by atomic mass is 16.3. The topological polar surface area (TPSA) is 25.2 Å². The van der Waals surface area contributed by atoms with Crippen molar-refractivity contribution < 1.29 is 5.11 Å². The van der Waals surface area contributed by atoms with Crippen LogP contribution in [0.25, 0.3) is 5.69 Å². The molecule has 0 fully saturated rings. The largest absolute Gasteiger partial charge is 0.388 e. The van der Waals surface area contributed by atoms with Gasteiger partial charge in [0, 0.05) is 22.6 Å². The molecule has 0 spiro atoms. The number of nitrogens with zero attached hydrogens (tertiary/aromatic N) is 1. The lowest BCUT2D eigenvalue weighted by molar-refractivity contribution is 0.0987. The van der Waals surface area contributed by atoms with Crippen molar-refractivity contribution in [2.75, 3.05) is 0 Å². The normalized spacial score (nSPS) is 20.4. The summed E-state index contributed by atoms with van der Waals surface area (Å²) in [6.45, 7) is 11.0. The van der Waals surface area contributed by atoms with E-state index in [2.05, 4.69) is 63.5 Å². The monoisotopic (exact) mass is 283 g/mol. The van der Waals surface area contributed by atoms with Crippen LogP contribution in [0.15, 0.2) is 24.3 Å². The molecule has 1 aliphatic carbocycles. The lowest BCUT2D eigenvalue weighted by Gasteiger charge is -2.34. The van der Waals surface area contributed by atoms with E-state index in [0.29, 0.717) is 0 Å². The maximum Gasteiger partial charge on any atom is 0.0812 e. The Morgan fingerprint density at radius 1 is 1.19 bits per heavy atom. The lowest BCUT2D eigenvalue weighted by Crippen LogP contribution is -2.26. The molecule has 0 saturated carbocycles. The number of aromatic nitrogens is 1. The molecule has 2 aromatic rings.